The van der Waals surface area contributed by atoms with E-state index >= 15 is 0 Å². The third-order valence-electron chi connectivity index (χ3n) is 4.95. The molecule has 0 bridgehead atoms. The van der Waals surface area contributed by atoms with Crippen molar-refractivity contribution in [3.63, 3.8) is 0 Å². The minimum atomic E-state index is -0.909. The number of ketones is 1. The molecule has 2 aromatic carbocycles. The molecule has 192 valence electrons. The quantitative estimate of drug-likeness (QED) is 0.170. The van der Waals surface area contributed by atoms with Crippen LogP contribution in [-0.4, -0.2) is 55.9 Å². The zero-order chi connectivity index (χ0) is 26.4. The van der Waals surface area contributed by atoms with Crippen molar-refractivity contribution in [1.29, 1.82) is 0 Å². The maximum absolute atomic E-state index is 12.4. The zero-order valence-electron chi connectivity index (χ0n) is 20.6. The third-order valence-corrected chi connectivity index (χ3v) is 4.95. The predicted octanol–water partition coefficient (Wildman–Crippen LogP) is 4.02. The fourth-order valence-corrected chi connectivity index (χ4v) is 2.69. The molecule has 0 radical (unpaired) electrons. The average molecular weight is 497 g/mol. The van der Waals surface area contributed by atoms with E-state index in [2.05, 4.69) is 6.58 Å². The Bertz CT molecular complexity index is 1040. The van der Waals surface area contributed by atoms with Gasteiger partial charge in [-0.3, -0.25) is 9.59 Å². The number of allylic oxidation sites excluding steroid dienone is 1. The van der Waals surface area contributed by atoms with Crippen LogP contribution in [0, 0.1) is 5.41 Å². The lowest BCUT2D eigenvalue weighted by molar-refractivity contribution is -0.156. The minimum absolute atomic E-state index is 0.109. The van der Waals surface area contributed by atoms with Crippen LogP contribution in [0.2, 0.25) is 0 Å². The predicted molar refractivity (Wildman–Crippen MR) is 135 cm³/mol. The monoisotopic (exact) mass is 496 g/mol. The second-order valence-electron chi connectivity index (χ2n) is 8.39. The number of carbonyl (C=O) groups is 3. The lowest BCUT2D eigenvalue weighted by Crippen LogP contribution is -2.30. The van der Waals surface area contributed by atoms with Crippen LogP contribution in [0.15, 0.2) is 67.3 Å². The summed E-state index contributed by atoms with van der Waals surface area (Å²) in [5, 5.41) is 9.16. The summed E-state index contributed by atoms with van der Waals surface area (Å²) in [6.45, 7) is 7.18. The number of ether oxygens (including phenoxy) is 4. The van der Waals surface area contributed by atoms with Gasteiger partial charge >= 0.3 is 11.9 Å². The van der Waals surface area contributed by atoms with Gasteiger partial charge in [0.25, 0.3) is 0 Å². The molecule has 0 saturated carbocycles. The van der Waals surface area contributed by atoms with Crippen LogP contribution in [0.3, 0.4) is 0 Å². The molecule has 0 aliphatic rings. The van der Waals surface area contributed by atoms with Crippen LogP contribution in [-0.2, 0) is 19.1 Å². The molecule has 2 rings (SSSR count). The maximum atomic E-state index is 12.4. The number of esters is 2. The Balaban J connectivity index is 1.73. The van der Waals surface area contributed by atoms with E-state index in [4.69, 9.17) is 24.1 Å². The number of benzene rings is 2. The van der Waals surface area contributed by atoms with Crippen LogP contribution < -0.4 is 9.47 Å². The van der Waals surface area contributed by atoms with Crippen LogP contribution in [0.25, 0.3) is 6.08 Å². The van der Waals surface area contributed by atoms with Crippen molar-refractivity contribution >= 4 is 23.8 Å². The van der Waals surface area contributed by atoms with E-state index in [1.165, 1.54) is 6.08 Å². The standard InChI is InChI=1S/C28H32O8/c1-4-26(31)35-19-18-34-24-13-9-22(10-14-24)25(30)15-8-21-6-11-23(12-7-21)33-16-5-17-36-27(32)28(2,3)20-29/h4,6-15,29H,1,5,16-20H2,2-3H3/b15-8+. The molecule has 0 aromatic heterocycles. The molecule has 0 fully saturated rings. The Labute approximate surface area is 211 Å². The van der Waals surface area contributed by atoms with Crippen LogP contribution in [0.4, 0.5) is 0 Å². The zero-order valence-corrected chi connectivity index (χ0v) is 20.6. The Hall–Kier alpha value is -3.91. The summed E-state index contributed by atoms with van der Waals surface area (Å²) in [5.74, 6) is 0.126. The highest BCUT2D eigenvalue weighted by Crippen LogP contribution is 2.17. The van der Waals surface area contributed by atoms with Gasteiger partial charge in [0.15, 0.2) is 5.78 Å². The summed E-state index contributed by atoms with van der Waals surface area (Å²) in [7, 11) is 0. The fourth-order valence-electron chi connectivity index (χ4n) is 2.69. The molecule has 0 aliphatic carbocycles. The van der Waals surface area contributed by atoms with Gasteiger partial charge < -0.3 is 24.1 Å². The Kier molecular flexibility index (Phi) is 11.4. The number of carbonyl (C=O) groups excluding carboxylic acids is 3. The first kappa shape index (κ1) is 28.3. The van der Waals surface area contributed by atoms with Crippen molar-refractivity contribution in [3.05, 3.63) is 78.4 Å². The fraction of sp³-hybridized carbons (Fsp3) is 0.321. The molecule has 0 heterocycles. The number of hydrogen-bond acceptors (Lipinski definition) is 8. The number of aliphatic hydroxyl groups is 1. The van der Waals surface area contributed by atoms with Crippen molar-refractivity contribution in [2.24, 2.45) is 5.41 Å². The summed E-state index contributed by atoms with van der Waals surface area (Å²) < 4.78 is 21.1. The van der Waals surface area contributed by atoms with Crippen molar-refractivity contribution in [3.8, 4) is 11.5 Å². The van der Waals surface area contributed by atoms with Crippen LogP contribution >= 0.6 is 0 Å². The molecule has 0 atom stereocenters. The highest BCUT2D eigenvalue weighted by atomic mass is 16.6. The molecule has 36 heavy (non-hydrogen) atoms. The van der Waals surface area contributed by atoms with Crippen molar-refractivity contribution in [2.75, 3.05) is 33.0 Å². The van der Waals surface area contributed by atoms with E-state index in [1.54, 1.807) is 56.3 Å². The maximum Gasteiger partial charge on any atom is 0.330 e. The molecule has 0 aliphatic heterocycles. The highest BCUT2D eigenvalue weighted by Gasteiger charge is 2.28. The van der Waals surface area contributed by atoms with Gasteiger partial charge in [-0.1, -0.05) is 24.8 Å². The highest BCUT2D eigenvalue weighted by molar-refractivity contribution is 6.06. The lowest BCUT2D eigenvalue weighted by Gasteiger charge is -2.19. The second kappa shape index (κ2) is 14.5. The lowest BCUT2D eigenvalue weighted by atomic mass is 9.95. The summed E-state index contributed by atoms with van der Waals surface area (Å²) in [6.07, 6.45) is 4.81. The molecule has 1 N–H and O–H groups in total. The van der Waals surface area contributed by atoms with Crippen molar-refractivity contribution < 1.29 is 38.4 Å². The Morgan fingerprint density at radius 2 is 1.47 bits per heavy atom. The van der Waals surface area contributed by atoms with Gasteiger partial charge in [0.1, 0.15) is 24.7 Å². The third kappa shape index (κ3) is 9.76. The van der Waals surface area contributed by atoms with Gasteiger partial charge in [-0.2, -0.15) is 0 Å². The van der Waals surface area contributed by atoms with E-state index in [-0.39, 0.29) is 32.2 Å². The van der Waals surface area contributed by atoms with E-state index in [9.17, 15) is 14.4 Å². The number of rotatable bonds is 15. The first-order valence-electron chi connectivity index (χ1n) is 11.5. The Morgan fingerprint density at radius 3 is 2.08 bits per heavy atom. The molecule has 2 aromatic rings. The van der Waals surface area contributed by atoms with E-state index in [0.29, 0.717) is 30.1 Å². The molecule has 8 heteroatoms. The van der Waals surface area contributed by atoms with Gasteiger partial charge in [0.05, 0.1) is 25.2 Å². The molecular formula is C28H32O8. The van der Waals surface area contributed by atoms with Gasteiger partial charge in [-0.15, -0.1) is 0 Å². The topological polar surface area (TPSA) is 108 Å². The van der Waals surface area contributed by atoms with E-state index in [1.807, 2.05) is 12.1 Å². The summed E-state index contributed by atoms with van der Waals surface area (Å²) >= 11 is 0. The first-order chi connectivity index (χ1) is 17.2. The van der Waals surface area contributed by atoms with Crippen molar-refractivity contribution in [1.82, 2.24) is 0 Å². The molecule has 0 spiro atoms. The molecular weight excluding hydrogens is 464 g/mol. The second-order valence-corrected chi connectivity index (χ2v) is 8.39. The van der Waals surface area contributed by atoms with Gasteiger partial charge in [-0.25, -0.2) is 4.79 Å². The molecule has 0 amide bonds. The SMILES string of the molecule is C=CC(=O)OCCOc1ccc(C(=O)/C=C/c2ccc(OCCCOC(=O)C(C)(C)CO)cc2)cc1. The minimum Gasteiger partial charge on any atom is -0.493 e. The average Bonchev–Trinajstić information content (AvgIpc) is 2.90. The summed E-state index contributed by atoms with van der Waals surface area (Å²) in [6, 6.07) is 13.9. The van der Waals surface area contributed by atoms with Crippen LogP contribution in [0.5, 0.6) is 11.5 Å². The van der Waals surface area contributed by atoms with Gasteiger partial charge in [0, 0.05) is 18.1 Å². The first-order valence-corrected chi connectivity index (χ1v) is 11.5. The molecule has 0 unspecified atom stereocenters. The number of aliphatic hydroxyl groups excluding tert-OH is 1. The van der Waals surface area contributed by atoms with Gasteiger partial charge in [0.2, 0.25) is 0 Å². The number of hydrogen-bond donors (Lipinski definition) is 1. The van der Waals surface area contributed by atoms with E-state index in [0.717, 1.165) is 11.6 Å². The van der Waals surface area contributed by atoms with Crippen LogP contribution in [0.1, 0.15) is 36.2 Å². The summed E-state index contributed by atoms with van der Waals surface area (Å²) in [5.41, 5.74) is 0.443. The molecule has 0 saturated heterocycles. The normalized spacial score (nSPS) is 11.1. The van der Waals surface area contributed by atoms with E-state index < -0.39 is 17.4 Å². The Morgan fingerprint density at radius 1 is 0.861 bits per heavy atom. The smallest absolute Gasteiger partial charge is 0.330 e. The molecule has 8 nitrogen and oxygen atoms in total. The van der Waals surface area contributed by atoms with Gasteiger partial charge in [-0.05, 0) is 61.9 Å². The van der Waals surface area contributed by atoms with Crippen molar-refractivity contribution in [2.45, 2.75) is 20.3 Å². The summed E-state index contributed by atoms with van der Waals surface area (Å²) in [4.78, 5) is 35.2. The largest absolute Gasteiger partial charge is 0.493 e.